The zero-order valence-electron chi connectivity index (χ0n) is 13.8. The Bertz CT molecular complexity index is 286. The Morgan fingerprint density at radius 3 is 2.32 bits per heavy atom. The average molecular weight is 351 g/mol. The van der Waals surface area contributed by atoms with Crippen LogP contribution in [0.4, 0.5) is 3.89 Å². The Kier molecular flexibility index (Phi) is 17.1. The maximum Gasteiger partial charge on any atom is 0.304 e. The van der Waals surface area contributed by atoms with E-state index in [9.17, 15) is 8.68 Å². The van der Waals surface area contributed by atoms with E-state index in [0.717, 1.165) is 37.2 Å². The molecule has 22 heavy (non-hydrogen) atoms. The molecule has 0 aliphatic rings. The number of hydrogen-bond acceptors (Lipinski definition) is 3. The van der Waals surface area contributed by atoms with Gasteiger partial charge in [-0.2, -0.15) is 15.6 Å². The number of rotatable bonds is 16. The molecule has 0 fully saturated rings. The van der Waals surface area contributed by atoms with Gasteiger partial charge in [-0.15, -0.1) is 0 Å². The number of carbonyl (C=O) groups is 1. The fourth-order valence-electron chi connectivity index (χ4n) is 2.06. The maximum absolute atomic E-state index is 12.2. The zero-order valence-corrected chi connectivity index (χ0v) is 15.4. The van der Waals surface area contributed by atoms with Crippen LogP contribution in [-0.2, 0) is 4.79 Å². The lowest BCUT2D eigenvalue weighted by Crippen LogP contribution is -1.96. The molecule has 0 saturated carbocycles. The molecular weight excluding hydrogens is 319 g/mol. The molecule has 0 rings (SSSR count). The van der Waals surface area contributed by atoms with Crippen LogP contribution in [0.15, 0.2) is 12.2 Å². The fourth-order valence-corrected chi connectivity index (χ4v) is 3.24. The summed E-state index contributed by atoms with van der Waals surface area (Å²) in [7, 11) is 0. The molecule has 0 aromatic carbocycles. The Labute approximate surface area is 144 Å². The summed E-state index contributed by atoms with van der Waals surface area (Å²) in [6.45, 7) is 1.94. The number of hydrogen-bond donors (Lipinski definition) is 1. The van der Waals surface area contributed by atoms with Crippen molar-refractivity contribution in [1.29, 1.82) is 0 Å². The van der Waals surface area contributed by atoms with Gasteiger partial charge >= 0.3 is 5.97 Å². The Morgan fingerprint density at radius 1 is 1.05 bits per heavy atom. The van der Waals surface area contributed by atoms with Crippen LogP contribution in [0.2, 0.25) is 0 Å². The van der Waals surface area contributed by atoms with Crippen molar-refractivity contribution < 1.29 is 13.8 Å². The molecule has 5 heteroatoms. The van der Waals surface area contributed by atoms with Crippen molar-refractivity contribution in [2.45, 2.75) is 76.4 Å². The first-order chi connectivity index (χ1) is 10.7. The molecule has 0 aromatic heterocycles. The highest BCUT2D eigenvalue weighted by Gasteiger charge is 2.00. The quantitative estimate of drug-likeness (QED) is 0.263. The number of halogens is 1. The monoisotopic (exact) mass is 350 g/mol. The molecule has 0 saturated heterocycles. The molecule has 0 radical (unpaired) electrons. The van der Waals surface area contributed by atoms with Crippen LogP contribution < -0.4 is 0 Å². The minimum absolute atomic E-state index is 0.155. The number of unbranched alkanes of at least 4 members (excludes halogenated alkanes) is 6. The second-order valence-corrected chi connectivity index (χ2v) is 7.82. The molecule has 0 aliphatic heterocycles. The minimum Gasteiger partial charge on any atom is -0.481 e. The summed E-state index contributed by atoms with van der Waals surface area (Å²) in [6.07, 6.45) is 15.3. The van der Waals surface area contributed by atoms with Crippen molar-refractivity contribution in [2.75, 3.05) is 11.5 Å². The summed E-state index contributed by atoms with van der Waals surface area (Å²) in [5.41, 5.74) is 0. The van der Waals surface area contributed by atoms with E-state index in [1.807, 2.05) is 6.92 Å². The van der Waals surface area contributed by atoms with Gasteiger partial charge in [0, 0.05) is 23.2 Å². The van der Waals surface area contributed by atoms with E-state index in [0.29, 0.717) is 12.1 Å². The SMILES string of the molecule is CC(CCCCCC/C=C\CCCCSCCC(=O)O)SF. The Hall–Kier alpha value is -0.160. The molecule has 0 spiro atoms. The van der Waals surface area contributed by atoms with Gasteiger partial charge in [0.25, 0.3) is 0 Å². The van der Waals surface area contributed by atoms with E-state index in [2.05, 4.69) is 12.2 Å². The third-order valence-corrected chi connectivity index (χ3v) is 5.03. The highest BCUT2D eigenvalue weighted by Crippen LogP contribution is 2.18. The molecule has 1 unspecified atom stereocenters. The number of thioether (sulfide) groups is 1. The number of aliphatic carboxylic acids is 1. The van der Waals surface area contributed by atoms with Gasteiger partial charge in [-0.3, -0.25) is 4.79 Å². The normalized spacial score (nSPS) is 12.8. The smallest absolute Gasteiger partial charge is 0.304 e. The molecule has 0 aromatic rings. The summed E-state index contributed by atoms with van der Waals surface area (Å²) in [5, 5.41) is 8.66. The van der Waals surface area contributed by atoms with Crippen molar-refractivity contribution in [3.63, 3.8) is 0 Å². The number of carboxylic acids is 1. The molecule has 2 nitrogen and oxygen atoms in total. The van der Waals surface area contributed by atoms with Gasteiger partial charge in [0.15, 0.2) is 0 Å². The second-order valence-electron chi connectivity index (χ2n) is 5.61. The fraction of sp³-hybridized carbons (Fsp3) is 0.824. The molecule has 0 heterocycles. The van der Waals surface area contributed by atoms with Crippen LogP contribution in [0.5, 0.6) is 0 Å². The van der Waals surface area contributed by atoms with Gasteiger partial charge < -0.3 is 5.11 Å². The molecule has 0 amide bonds. The van der Waals surface area contributed by atoms with Crippen molar-refractivity contribution >= 4 is 29.9 Å². The largest absolute Gasteiger partial charge is 0.481 e. The molecular formula is C17H31FO2S2. The minimum atomic E-state index is -0.703. The van der Waals surface area contributed by atoms with Crippen LogP contribution in [0, 0.1) is 0 Å². The molecule has 1 N–H and O–H groups in total. The van der Waals surface area contributed by atoms with Crippen LogP contribution in [0.3, 0.4) is 0 Å². The summed E-state index contributed by atoms with van der Waals surface area (Å²) < 4.78 is 12.2. The lowest BCUT2D eigenvalue weighted by molar-refractivity contribution is -0.136. The third kappa shape index (κ3) is 17.9. The first-order valence-electron chi connectivity index (χ1n) is 8.38. The molecule has 1 atom stereocenters. The molecule has 0 bridgehead atoms. The van der Waals surface area contributed by atoms with Crippen LogP contribution in [0.1, 0.15) is 71.1 Å². The third-order valence-electron chi connectivity index (χ3n) is 3.42. The first kappa shape index (κ1) is 21.8. The average Bonchev–Trinajstić information content (AvgIpc) is 2.50. The van der Waals surface area contributed by atoms with Crippen molar-refractivity contribution in [2.24, 2.45) is 0 Å². The highest BCUT2D eigenvalue weighted by molar-refractivity contribution is 7.99. The van der Waals surface area contributed by atoms with Gasteiger partial charge in [-0.25, -0.2) is 0 Å². The van der Waals surface area contributed by atoms with Gasteiger partial charge in [-0.1, -0.05) is 38.3 Å². The Balaban J connectivity index is 3.13. The van der Waals surface area contributed by atoms with Gasteiger partial charge in [-0.05, 0) is 44.3 Å². The molecule has 130 valence electrons. The van der Waals surface area contributed by atoms with E-state index in [1.54, 1.807) is 11.8 Å². The number of allylic oxidation sites excluding steroid dienone is 2. The van der Waals surface area contributed by atoms with Gasteiger partial charge in [0.1, 0.15) is 0 Å². The predicted octanol–water partition coefficient (Wildman–Crippen LogP) is 6.27. The first-order valence-corrected chi connectivity index (χ1v) is 10.3. The number of carboxylic acid groups (broad SMARTS) is 1. The van der Waals surface area contributed by atoms with Gasteiger partial charge in [0.2, 0.25) is 0 Å². The van der Waals surface area contributed by atoms with E-state index in [4.69, 9.17) is 5.11 Å². The van der Waals surface area contributed by atoms with Crippen LogP contribution >= 0.6 is 23.9 Å². The summed E-state index contributed by atoms with van der Waals surface area (Å²) in [5.74, 6) is 1.09. The van der Waals surface area contributed by atoms with E-state index in [1.165, 1.54) is 32.1 Å². The summed E-state index contributed by atoms with van der Waals surface area (Å²) in [4.78, 5) is 10.3. The lowest BCUT2D eigenvalue weighted by Gasteiger charge is -2.04. The molecule has 0 aliphatic carbocycles. The van der Waals surface area contributed by atoms with Crippen LogP contribution in [0.25, 0.3) is 0 Å². The highest BCUT2D eigenvalue weighted by atomic mass is 32.2. The van der Waals surface area contributed by atoms with Crippen LogP contribution in [-0.4, -0.2) is 27.8 Å². The standard InChI is InChI=1S/C17H31FO2S2/c1-16(22-18)12-10-8-6-4-2-3-5-7-9-11-14-21-15-13-17(19)20/h3,5,16H,2,4,6-15H2,1H3,(H,19,20)/b5-3-. The summed E-state index contributed by atoms with van der Waals surface area (Å²) >= 11 is 2.21. The lowest BCUT2D eigenvalue weighted by atomic mass is 10.1. The van der Waals surface area contributed by atoms with E-state index < -0.39 is 5.97 Å². The topological polar surface area (TPSA) is 37.3 Å². The van der Waals surface area contributed by atoms with Crippen molar-refractivity contribution in [1.82, 2.24) is 0 Å². The predicted molar refractivity (Wildman–Crippen MR) is 98.4 cm³/mol. The Morgan fingerprint density at radius 2 is 1.68 bits per heavy atom. The van der Waals surface area contributed by atoms with E-state index >= 15 is 0 Å². The summed E-state index contributed by atoms with van der Waals surface area (Å²) in [6, 6.07) is 0. The maximum atomic E-state index is 12.2. The zero-order chi connectivity index (χ0) is 16.5. The van der Waals surface area contributed by atoms with Crippen molar-refractivity contribution in [3.8, 4) is 0 Å². The van der Waals surface area contributed by atoms with E-state index in [-0.39, 0.29) is 11.7 Å². The second kappa shape index (κ2) is 17.2. The van der Waals surface area contributed by atoms with Crippen molar-refractivity contribution in [3.05, 3.63) is 12.2 Å². The van der Waals surface area contributed by atoms with Gasteiger partial charge in [0.05, 0.1) is 6.42 Å².